The highest BCUT2D eigenvalue weighted by Crippen LogP contribution is 2.39. The van der Waals surface area contributed by atoms with Crippen molar-refractivity contribution >= 4 is 22.1 Å². The van der Waals surface area contributed by atoms with Gasteiger partial charge in [-0.05, 0) is 99.3 Å². The maximum atomic E-state index is 13.6. The maximum absolute atomic E-state index is 13.6. The Kier molecular flexibility index (Phi) is 12.0. The molecule has 0 saturated heterocycles. The topological polar surface area (TPSA) is 57.2 Å². The van der Waals surface area contributed by atoms with Crippen LogP contribution in [0.3, 0.4) is 0 Å². The second-order valence-electron chi connectivity index (χ2n) is 11.0. The van der Waals surface area contributed by atoms with Gasteiger partial charge < -0.3 is 4.55 Å². The minimum absolute atomic E-state index is 0.0298. The molecule has 1 aromatic rings. The molecule has 0 radical (unpaired) electrons. The van der Waals surface area contributed by atoms with Crippen molar-refractivity contribution in [2.45, 2.75) is 96.8 Å². The molecule has 0 amide bonds. The lowest BCUT2D eigenvalue weighted by Gasteiger charge is -2.29. The summed E-state index contributed by atoms with van der Waals surface area (Å²) < 4.78 is 37.5. The number of carbonyl (C=O) groups excluding carboxylic acids is 2. The molecule has 3 atom stereocenters. The molecule has 0 aliphatic heterocycles. The molecule has 0 aromatic heterocycles. The standard InChI is InChI=1S/C31H42F2O3S/c1-22-13-14-23(2)31(35)29(19-22)26(8-3-4-12-30(34)37(36)21-32)9-5-7-24-15-17-25(18-16-24)27-10-6-11-28(33)20-27/h6,10-11,13,19-20,23-26H,3-5,7-9,12,14-18,21H2,1-2H3/t23?,24-,25+,26?,37?. The highest BCUT2D eigenvalue weighted by atomic mass is 32.2. The van der Waals surface area contributed by atoms with Gasteiger partial charge in [-0.2, -0.15) is 4.39 Å². The summed E-state index contributed by atoms with van der Waals surface area (Å²) in [5, 5.41) is -0.523. The van der Waals surface area contributed by atoms with Crippen molar-refractivity contribution in [3.63, 3.8) is 0 Å². The van der Waals surface area contributed by atoms with Crippen LogP contribution in [0.4, 0.5) is 8.78 Å². The van der Waals surface area contributed by atoms with E-state index in [1.54, 1.807) is 12.1 Å². The Bertz CT molecular complexity index is 965. The van der Waals surface area contributed by atoms with Crippen LogP contribution < -0.4 is 0 Å². The van der Waals surface area contributed by atoms with Gasteiger partial charge in [0.05, 0.1) is 17.6 Å². The number of carbonyl (C=O) groups is 2. The first-order valence-corrected chi connectivity index (χ1v) is 15.3. The summed E-state index contributed by atoms with van der Waals surface area (Å²) in [5.74, 6) is 1.28. The zero-order valence-corrected chi connectivity index (χ0v) is 23.2. The highest BCUT2D eigenvalue weighted by Gasteiger charge is 2.28. The third-order valence-corrected chi connectivity index (χ3v) is 9.13. The summed E-state index contributed by atoms with van der Waals surface area (Å²) in [4.78, 5) is 24.9. The first-order chi connectivity index (χ1) is 17.8. The third kappa shape index (κ3) is 9.17. The molecule has 0 bridgehead atoms. The van der Waals surface area contributed by atoms with Gasteiger partial charge in [0.25, 0.3) is 6.01 Å². The van der Waals surface area contributed by atoms with Crippen LogP contribution in [0.2, 0.25) is 0 Å². The number of hydrogen-bond donors (Lipinski definition) is 0. The molecule has 3 rings (SSSR count). The average molecular weight is 533 g/mol. The van der Waals surface area contributed by atoms with Crippen molar-refractivity contribution < 1.29 is 22.9 Å². The lowest BCUT2D eigenvalue weighted by atomic mass is 9.76. The Morgan fingerprint density at radius 3 is 2.57 bits per heavy atom. The van der Waals surface area contributed by atoms with E-state index < -0.39 is 22.3 Å². The first kappa shape index (κ1) is 29.8. The molecule has 37 heavy (non-hydrogen) atoms. The molecule has 204 valence electrons. The Balaban J connectivity index is 1.54. The summed E-state index contributed by atoms with van der Waals surface area (Å²) in [5.41, 5.74) is 3.15. The smallest absolute Gasteiger partial charge is 0.331 e. The van der Waals surface area contributed by atoms with Gasteiger partial charge in [0, 0.05) is 5.92 Å². The van der Waals surface area contributed by atoms with Crippen LogP contribution in [0, 0.1) is 23.6 Å². The molecule has 1 saturated carbocycles. The van der Waals surface area contributed by atoms with Crippen molar-refractivity contribution in [1.29, 1.82) is 0 Å². The number of alkyl halides is 1. The van der Waals surface area contributed by atoms with Crippen LogP contribution in [0.1, 0.15) is 102 Å². The number of halogens is 2. The number of rotatable bonds is 12. The van der Waals surface area contributed by atoms with E-state index in [2.05, 4.69) is 12.2 Å². The predicted octanol–water partition coefficient (Wildman–Crippen LogP) is 8.13. The SMILES string of the molecule is CC1=CCC(C)C(=O)C(C(CCCCC(=O)[S+]([O-])CF)CCC[C@H]2CC[C@@H](c3cccc(F)c3)CC2)=C1. The van der Waals surface area contributed by atoms with Crippen molar-refractivity contribution in [3.8, 4) is 0 Å². The monoisotopic (exact) mass is 532 g/mol. The van der Waals surface area contributed by atoms with Gasteiger partial charge in [0.1, 0.15) is 5.82 Å². The normalized spacial score (nSPS) is 24.1. The quantitative estimate of drug-likeness (QED) is 0.202. The Morgan fingerprint density at radius 1 is 1.14 bits per heavy atom. The first-order valence-electron chi connectivity index (χ1n) is 13.9. The summed E-state index contributed by atoms with van der Waals surface area (Å²) in [7, 11) is 0. The van der Waals surface area contributed by atoms with Gasteiger partial charge in [-0.15, -0.1) is 0 Å². The number of Topliss-reactive ketones (excluding diaryl/α,β-unsaturated/α-hetero) is 1. The van der Waals surface area contributed by atoms with Crippen molar-refractivity contribution in [2.24, 2.45) is 17.8 Å². The summed E-state index contributed by atoms with van der Waals surface area (Å²) in [6.45, 7) is 4.04. The van der Waals surface area contributed by atoms with E-state index in [0.717, 1.165) is 80.9 Å². The number of benzene rings is 1. The van der Waals surface area contributed by atoms with Gasteiger partial charge in [-0.3, -0.25) is 4.79 Å². The summed E-state index contributed by atoms with van der Waals surface area (Å²) in [6.07, 6.45) is 14.8. The molecule has 0 N–H and O–H groups in total. The van der Waals surface area contributed by atoms with Crippen LogP contribution in [0.25, 0.3) is 0 Å². The molecular weight excluding hydrogens is 490 g/mol. The molecule has 3 nitrogen and oxygen atoms in total. The minimum Gasteiger partial charge on any atom is -0.607 e. The van der Waals surface area contributed by atoms with Crippen molar-refractivity contribution in [3.05, 3.63) is 58.9 Å². The molecule has 0 heterocycles. The summed E-state index contributed by atoms with van der Waals surface area (Å²) >= 11 is -2.03. The van der Waals surface area contributed by atoms with E-state index in [-0.39, 0.29) is 29.9 Å². The lowest BCUT2D eigenvalue weighted by Crippen LogP contribution is -2.20. The van der Waals surface area contributed by atoms with E-state index in [4.69, 9.17) is 0 Å². The molecule has 1 aromatic carbocycles. The van der Waals surface area contributed by atoms with E-state index in [1.807, 2.05) is 19.9 Å². The van der Waals surface area contributed by atoms with E-state index in [0.29, 0.717) is 18.3 Å². The molecule has 2 aliphatic carbocycles. The largest absolute Gasteiger partial charge is 0.607 e. The molecule has 0 spiro atoms. The van der Waals surface area contributed by atoms with Gasteiger partial charge >= 0.3 is 5.12 Å². The van der Waals surface area contributed by atoms with Crippen LogP contribution in [0.5, 0.6) is 0 Å². The van der Waals surface area contributed by atoms with Crippen LogP contribution in [-0.4, -0.2) is 21.5 Å². The molecule has 3 unspecified atom stereocenters. The van der Waals surface area contributed by atoms with Gasteiger partial charge in [-0.25, -0.2) is 9.18 Å². The zero-order valence-electron chi connectivity index (χ0n) is 22.4. The van der Waals surface area contributed by atoms with Gasteiger partial charge in [-0.1, -0.05) is 56.0 Å². The van der Waals surface area contributed by atoms with E-state index in [9.17, 15) is 22.9 Å². The second kappa shape index (κ2) is 15.0. The van der Waals surface area contributed by atoms with Gasteiger partial charge in [0.15, 0.2) is 5.78 Å². The highest BCUT2D eigenvalue weighted by molar-refractivity contribution is 8.05. The van der Waals surface area contributed by atoms with Crippen molar-refractivity contribution in [2.75, 3.05) is 6.01 Å². The lowest BCUT2D eigenvalue weighted by molar-refractivity contribution is -0.119. The molecule has 6 heteroatoms. The number of ketones is 1. The molecular formula is C31H42F2O3S. The zero-order chi connectivity index (χ0) is 26.8. The van der Waals surface area contributed by atoms with E-state index in [1.165, 1.54) is 6.07 Å². The third-order valence-electron chi connectivity index (χ3n) is 8.22. The fraction of sp³-hybridized carbons (Fsp3) is 0.613. The fourth-order valence-electron chi connectivity index (χ4n) is 5.94. The average Bonchev–Trinajstić information content (AvgIpc) is 3.03. The van der Waals surface area contributed by atoms with Crippen molar-refractivity contribution in [1.82, 2.24) is 0 Å². The Labute approximate surface area is 224 Å². The van der Waals surface area contributed by atoms with Gasteiger partial charge in [0.2, 0.25) is 0 Å². The van der Waals surface area contributed by atoms with Crippen LogP contribution >= 0.6 is 0 Å². The number of allylic oxidation sites excluding steroid dienone is 4. The Hall–Kier alpha value is -1.79. The van der Waals surface area contributed by atoms with Crippen LogP contribution in [0.15, 0.2) is 47.6 Å². The van der Waals surface area contributed by atoms with E-state index >= 15 is 0 Å². The predicted molar refractivity (Wildman–Crippen MR) is 147 cm³/mol. The summed E-state index contributed by atoms with van der Waals surface area (Å²) in [6, 6.07) is 5.90. The fourth-order valence-corrected chi connectivity index (χ4v) is 6.43. The number of unbranched alkanes of at least 4 members (excludes halogenated alkanes) is 1. The second-order valence-corrected chi connectivity index (χ2v) is 12.4. The maximum Gasteiger partial charge on any atom is 0.331 e. The van der Waals surface area contributed by atoms with Crippen LogP contribution in [-0.2, 0) is 20.8 Å². The number of hydrogen-bond acceptors (Lipinski definition) is 3. The molecule has 1 fully saturated rings. The minimum atomic E-state index is -2.03. The Morgan fingerprint density at radius 2 is 1.86 bits per heavy atom. The molecule has 2 aliphatic rings.